The van der Waals surface area contributed by atoms with Gasteiger partial charge in [-0.3, -0.25) is 0 Å². The van der Waals surface area contributed by atoms with Crippen molar-refractivity contribution >= 4 is 27.3 Å². The molecule has 0 bridgehead atoms. The summed E-state index contributed by atoms with van der Waals surface area (Å²) in [6.07, 6.45) is 0. The molecule has 2 nitrogen and oxygen atoms in total. The summed E-state index contributed by atoms with van der Waals surface area (Å²) in [7, 11) is 0. The van der Waals surface area contributed by atoms with E-state index in [-0.39, 0.29) is 11.5 Å². The first-order valence-electron chi connectivity index (χ1n) is 6.26. The Balaban J connectivity index is 2.31. The Morgan fingerprint density at radius 2 is 2.00 bits per heavy atom. The summed E-state index contributed by atoms with van der Waals surface area (Å²) in [4.78, 5) is 4.69. The van der Waals surface area contributed by atoms with E-state index in [0.717, 1.165) is 20.7 Å². The predicted molar refractivity (Wildman–Crippen MR) is 85.7 cm³/mol. The molecule has 102 valence electrons. The van der Waals surface area contributed by atoms with Gasteiger partial charge >= 0.3 is 0 Å². The fourth-order valence-corrected chi connectivity index (χ4v) is 3.19. The quantitative estimate of drug-likeness (QED) is 0.871. The lowest BCUT2D eigenvalue weighted by atomic mass is 9.93. The lowest BCUT2D eigenvalue weighted by molar-refractivity contribution is 0.569. The van der Waals surface area contributed by atoms with E-state index >= 15 is 0 Å². The van der Waals surface area contributed by atoms with Crippen LogP contribution in [0.25, 0.3) is 0 Å². The largest absolute Gasteiger partial charge is 0.318 e. The number of hydrogen-bond acceptors (Lipinski definition) is 3. The van der Waals surface area contributed by atoms with Gasteiger partial charge in [-0.15, -0.1) is 11.3 Å². The molecule has 0 aliphatic rings. The van der Waals surface area contributed by atoms with Gasteiger partial charge in [0.15, 0.2) is 0 Å². The van der Waals surface area contributed by atoms with Crippen molar-refractivity contribution in [1.82, 2.24) is 4.98 Å². The van der Waals surface area contributed by atoms with Gasteiger partial charge in [0.2, 0.25) is 0 Å². The zero-order valence-electron chi connectivity index (χ0n) is 11.7. The van der Waals surface area contributed by atoms with Crippen LogP contribution >= 0.6 is 27.3 Å². The summed E-state index contributed by atoms with van der Waals surface area (Å²) in [6, 6.07) is 6.08. The van der Waals surface area contributed by atoms with Crippen molar-refractivity contribution in [3.63, 3.8) is 0 Å². The van der Waals surface area contributed by atoms with Crippen molar-refractivity contribution in [1.29, 1.82) is 0 Å². The summed E-state index contributed by atoms with van der Waals surface area (Å²) >= 11 is 5.19. The highest BCUT2D eigenvalue weighted by Crippen LogP contribution is 2.30. The smallest absolute Gasteiger partial charge is 0.114 e. The van der Waals surface area contributed by atoms with E-state index in [4.69, 9.17) is 5.73 Å². The number of benzene rings is 1. The van der Waals surface area contributed by atoms with Gasteiger partial charge in [0.05, 0.1) is 11.7 Å². The highest BCUT2D eigenvalue weighted by molar-refractivity contribution is 9.10. The molecule has 0 aliphatic heterocycles. The van der Waals surface area contributed by atoms with E-state index in [9.17, 15) is 0 Å². The molecular weight excluding hydrogens is 320 g/mol. The van der Waals surface area contributed by atoms with Crippen LogP contribution in [0.3, 0.4) is 0 Å². The lowest BCUT2D eigenvalue weighted by Gasteiger charge is -2.15. The average Bonchev–Trinajstić information content (AvgIpc) is 2.81. The van der Waals surface area contributed by atoms with Gasteiger partial charge in [0.1, 0.15) is 5.01 Å². The topological polar surface area (TPSA) is 38.9 Å². The van der Waals surface area contributed by atoms with Gasteiger partial charge < -0.3 is 5.73 Å². The lowest BCUT2D eigenvalue weighted by Crippen LogP contribution is -2.15. The molecule has 0 aliphatic carbocycles. The molecule has 0 fully saturated rings. The van der Waals surface area contributed by atoms with Crippen LogP contribution in [-0.4, -0.2) is 4.98 Å². The minimum absolute atomic E-state index is 0.0718. The standard InChI is InChI=1S/C15H19BrN2S/c1-9-5-6-10(7-11(9)16)13(17)14-18-12(8-19-14)15(2,3)4/h5-8,13H,17H2,1-4H3. The van der Waals surface area contributed by atoms with E-state index in [1.165, 1.54) is 5.56 Å². The zero-order valence-corrected chi connectivity index (χ0v) is 14.1. The molecule has 0 saturated carbocycles. The number of aryl methyl sites for hydroxylation is 1. The Morgan fingerprint density at radius 1 is 1.32 bits per heavy atom. The molecule has 2 rings (SSSR count). The number of hydrogen-bond donors (Lipinski definition) is 1. The van der Waals surface area contributed by atoms with Crippen molar-refractivity contribution in [3.05, 3.63) is 49.9 Å². The Hall–Kier alpha value is -0.710. The second-order valence-corrected chi connectivity index (χ2v) is 7.55. The molecule has 4 heteroatoms. The summed E-state index contributed by atoms with van der Waals surface area (Å²) in [5, 5.41) is 3.08. The third-order valence-corrected chi connectivity index (χ3v) is 4.89. The van der Waals surface area contributed by atoms with Gasteiger partial charge in [-0.2, -0.15) is 0 Å². The maximum Gasteiger partial charge on any atom is 0.114 e. The number of nitrogens with two attached hydrogens (primary N) is 1. The zero-order chi connectivity index (χ0) is 14.2. The van der Waals surface area contributed by atoms with Crippen molar-refractivity contribution in [3.8, 4) is 0 Å². The Kier molecular flexibility index (Phi) is 4.14. The molecule has 0 spiro atoms. The first kappa shape index (κ1) is 14.7. The normalized spacial score (nSPS) is 13.6. The summed E-state index contributed by atoms with van der Waals surface area (Å²) in [5.41, 5.74) is 9.80. The SMILES string of the molecule is Cc1ccc(C(N)c2nc(C(C)(C)C)cs2)cc1Br. The Labute approximate surface area is 127 Å². The Morgan fingerprint density at radius 3 is 2.53 bits per heavy atom. The van der Waals surface area contributed by atoms with Crippen LogP contribution in [0.4, 0.5) is 0 Å². The van der Waals surface area contributed by atoms with E-state index in [1.54, 1.807) is 11.3 Å². The van der Waals surface area contributed by atoms with Crippen molar-refractivity contribution in [2.75, 3.05) is 0 Å². The second-order valence-electron chi connectivity index (χ2n) is 5.81. The van der Waals surface area contributed by atoms with Crippen LogP contribution in [0.2, 0.25) is 0 Å². The first-order chi connectivity index (χ1) is 8.79. The molecule has 0 saturated heterocycles. The van der Waals surface area contributed by atoms with E-state index in [1.807, 2.05) is 0 Å². The highest BCUT2D eigenvalue weighted by Gasteiger charge is 2.20. The van der Waals surface area contributed by atoms with Crippen molar-refractivity contribution in [2.45, 2.75) is 39.2 Å². The molecule has 1 heterocycles. The van der Waals surface area contributed by atoms with Crippen LogP contribution in [0.1, 0.15) is 48.6 Å². The van der Waals surface area contributed by atoms with Crippen LogP contribution in [0.15, 0.2) is 28.1 Å². The second kappa shape index (κ2) is 5.35. The average molecular weight is 339 g/mol. The monoisotopic (exact) mass is 338 g/mol. The fraction of sp³-hybridized carbons (Fsp3) is 0.400. The van der Waals surface area contributed by atoms with Gasteiger partial charge in [-0.25, -0.2) is 4.98 Å². The van der Waals surface area contributed by atoms with Crippen LogP contribution in [0.5, 0.6) is 0 Å². The van der Waals surface area contributed by atoms with Crippen LogP contribution < -0.4 is 5.73 Å². The maximum absolute atomic E-state index is 6.32. The van der Waals surface area contributed by atoms with Gasteiger partial charge in [-0.1, -0.05) is 48.8 Å². The van der Waals surface area contributed by atoms with E-state index in [0.29, 0.717) is 0 Å². The third kappa shape index (κ3) is 3.25. The van der Waals surface area contributed by atoms with E-state index < -0.39 is 0 Å². The predicted octanol–water partition coefficient (Wildman–Crippen LogP) is 4.56. The number of nitrogens with zero attached hydrogens (tertiary/aromatic N) is 1. The fourth-order valence-electron chi connectivity index (χ4n) is 1.72. The van der Waals surface area contributed by atoms with E-state index in [2.05, 4.69) is 72.2 Å². The molecule has 1 unspecified atom stereocenters. The van der Waals surface area contributed by atoms with Gasteiger partial charge in [0.25, 0.3) is 0 Å². The van der Waals surface area contributed by atoms with Crippen molar-refractivity contribution in [2.24, 2.45) is 5.73 Å². The molecule has 0 amide bonds. The van der Waals surface area contributed by atoms with Crippen LogP contribution in [-0.2, 0) is 5.41 Å². The minimum atomic E-state index is -0.155. The summed E-state index contributed by atoms with van der Waals surface area (Å²) in [6.45, 7) is 8.57. The molecule has 2 aromatic rings. The van der Waals surface area contributed by atoms with Crippen molar-refractivity contribution < 1.29 is 0 Å². The van der Waals surface area contributed by atoms with Gasteiger partial charge in [-0.05, 0) is 24.1 Å². The molecule has 19 heavy (non-hydrogen) atoms. The summed E-state index contributed by atoms with van der Waals surface area (Å²) in [5.74, 6) is 0. The number of halogens is 1. The van der Waals surface area contributed by atoms with Gasteiger partial charge in [0, 0.05) is 15.3 Å². The number of thiazole rings is 1. The molecule has 1 atom stereocenters. The molecular formula is C15H19BrN2S. The number of rotatable bonds is 2. The summed E-state index contributed by atoms with van der Waals surface area (Å²) < 4.78 is 1.09. The molecule has 1 aromatic heterocycles. The minimum Gasteiger partial charge on any atom is -0.318 e. The Bertz CT molecular complexity index is 584. The molecule has 1 aromatic carbocycles. The molecule has 0 radical (unpaired) electrons. The highest BCUT2D eigenvalue weighted by atomic mass is 79.9. The van der Waals surface area contributed by atoms with Crippen LogP contribution in [0, 0.1) is 6.92 Å². The number of aromatic nitrogens is 1. The molecule has 2 N–H and O–H groups in total. The maximum atomic E-state index is 6.32. The first-order valence-corrected chi connectivity index (χ1v) is 7.94. The third-order valence-electron chi connectivity index (χ3n) is 3.11.